The third kappa shape index (κ3) is 3.42. The molecule has 0 saturated heterocycles. The molecule has 0 N–H and O–H groups in total. The van der Waals surface area contributed by atoms with Crippen LogP contribution in [0.2, 0.25) is 0 Å². The molecule has 0 aliphatic carbocycles. The number of hydrogen-bond donors (Lipinski definition) is 0. The lowest BCUT2D eigenvalue weighted by atomic mass is 9.96. The Kier molecular flexibility index (Phi) is 5.16. The molecule has 0 fully saturated rings. The van der Waals surface area contributed by atoms with Crippen LogP contribution >= 0.6 is 0 Å². The standard InChI is InChI=1S/C19H20O4/c1-12-5-14(18(22-3)16(7-12)10-20)9-15-6-13(2)8-17(11-21)19(15)23-4/h5-8,10-11H,9H2,1-4H3. The lowest BCUT2D eigenvalue weighted by molar-refractivity contribution is 0.111. The van der Waals surface area contributed by atoms with E-state index in [4.69, 9.17) is 9.47 Å². The number of carbonyl (C=O) groups excluding carboxylic acids is 2. The van der Waals surface area contributed by atoms with E-state index in [2.05, 4.69) is 0 Å². The Morgan fingerprint density at radius 1 is 0.783 bits per heavy atom. The molecule has 2 aromatic carbocycles. The Balaban J connectivity index is 2.59. The van der Waals surface area contributed by atoms with Crippen molar-refractivity contribution in [3.8, 4) is 11.5 Å². The highest BCUT2D eigenvalue weighted by molar-refractivity contribution is 5.82. The van der Waals surface area contributed by atoms with Crippen LogP contribution in [0.1, 0.15) is 43.0 Å². The minimum Gasteiger partial charge on any atom is -0.496 e. The second-order valence-corrected chi connectivity index (χ2v) is 5.51. The Morgan fingerprint density at radius 2 is 1.17 bits per heavy atom. The first-order valence-corrected chi connectivity index (χ1v) is 7.29. The number of ether oxygens (including phenoxy) is 2. The van der Waals surface area contributed by atoms with Crippen LogP contribution in [0.15, 0.2) is 24.3 Å². The maximum absolute atomic E-state index is 11.3. The first kappa shape index (κ1) is 16.7. The van der Waals surface area contributed by atoms with Gasteiger partial charge in [0.05, 0.1) is 25.3 Å². The second kappa shape index (κ2) is 7.09. The molecule has 0 saturated carbocycles. The van der Waals surface area contributed by atoms with Gasteiger partial charge in [0, 0.05) is 6.42 Å². The van der Waals surface area contributed by atoms with Crippen molar-refractivity contribution in [2.45, 2.75) is 20.3 Å². The zero-order valence-electron chi connectivity index (χ0n) is 13.8. The molecule has 0 aromatic heterocycles. The smallest absolute Gasteiger partial charge is 0.153 e. The molecule has 0 aliphatic heterocycles. The first-order chi connectivity index (χ1) is 11.0. The van der Waals surface area contributed by atoms with Crippen LogP contribution < -0.4 is 9.47 Å². The predicted octanol–water partition coefficient (Wildman–Crippen LogP) is 3.54. The highest BCUT2D eigenvalue weighted by atomic mass is 16.5. The van der Waals surface area contributed by atoms with Gasteiger partial charge in [0.15, 0.2) is 12.6 Å². The summed E-state index contributed by atoms with van der Waals surface area (Å²) in [4.78, 5) is 22.5. The monoisotopic (exact) mass is 312 g/mol. The maximum Gasteiger partial charge on any atom is 0.153 e. The van der Waals surface area contributed by atoms with Gasteiger partial charge < -0.3 is 9.47 Å². The van der Waals surface area contributed by atoms with Gasteiger partial charge in [0.2, 0.25) is 0 Å². The van der Waals surface area contributed by atoms with E-state index in [9.17, 15) is 9.59 Å². The maximum atomic E-state index is 11.3. The van der Waals surface area contributed by atoms with E-state index in [1.165, 1.54) is 0 Å². The molecule has 23 heavy (non-hydrogen) atoms. The number of rotatable bonds is 6. The normalized spacial score (nSPS) is 10.3. The fourth-order valence-electron chi connectivity index (χ4n) is 2.90. The van der Waals surface area contributed by atoms with Gasteiger partial charge in [-0.1, -0.05) is 12.1 Å². The molecule has 4 nitrogen and oxygen atoms in total. The summed E-state index contributed by atoms with van der Waals surface area (Å²) in [6.07, 6.45) is 2.09. The predicted molar refractivity (Wildman–Crippen MR) is 89.0 cm³/mol. The lowest BCUT2D eigenvalue weighted by Gasteiger charge is -2.16. The minimum absolute atomic E-state index is 0.511. The van der Waals surface area contributed by atoms with E-state index in [-0.39, 0.29) is 0 Å². The van der Waals surface area contributed by atoms with Crippen LogP contribution in [0.4, 0.5) is 0 Å². The third-order valence-corrected chi connectivity index (χ3v) is 3.72. The average Bonchev–Trinajstić information content (AvgIpc) is 2.53. The van der Waals surface area contributed by atoms with Gasteiger partial charge in [-0.2, -0.15) is 0 Å². The highest BCUT2D eigenvalue weighted by Crippen LogP contribution is 2.32. The molecule has 4 heteroatoms. The van der Waals surface area contributed by atoms with Crippen molar-refractivity contribution in [3.05, 3.63) is 57.6 Å². The summed E-state index contributed by atoms with van der Waals surface area (Å²) < 4.78 is 10.8. The molecule has 0 aliphatic rings. The van der Waals surface area contributed by atoms with Gasteiger partial charge in [-0.3, -0.25) is 9.59 Å². The summed E-state index contributed by atoms with van der Waals surface area (Å²) in [5, 5.41) is 0. The molecule has 0 unspecified atom stereocenters. The van der Waals surface area contributed by atoms with Gasteiger partial charge in [0.25, 0.3) is 0 Å². The fourth-order valence-corrected chi connectivity index (χ4v) is 2.90. The van der Waals surface area contributed by atoms with E-state index in [0.717, 1.165) is 34.8 Å². The second-order valence-electron chi connectivity index (χ2n) is 5.51. The number of aldehydes is 2. The van der Waals surface area contributed by atoms with Crippen molar-refractivity contribution in [2.24, 2.45) is 0 Å². The van der Waals surface area contributed by atoms with Crippen LogP contribution in [-0.2, 0) is 6.42 Å². The van der Waals surface area contributed by atoms with Gasteiger partial charge in [0.1, 0.15) is 11.5 Å². The largest absolute Gasteiger partial charge is 0.496 e. The first-order valence-electron chi connectivity index (χ1n) is 7.29. The Bertz CT molecular complexity index is 684. The lowest BCUT2D eigenvalue weighted by Crippen LogP contribution is -2.03. The van der Waals surface area contributed by atoms with Gasteiger partial charge in [-0.05, 0) is 48.2 Å². The molecular formula is C19H20O4. The van der Waals surface area contributed by atoms with Gasteiger partial charge >= 0.3 is 0 Å². The van der Waals surface area contributed by atoms with Crippen molar-refractivity contribution < 1.29 is 19.1 Å². The molecule has 2 rings (SSSR count). The van der Waals surface area contributed by atoms with E-state index < -0.39 is 0 Å². The Morgan fingerprint density at radius 3 is 1.48 bits per heavy atom. The minimum atomic E-state index is 0.511. The van der Waals surface area contributed by atoms with E-state index in [1.807, 2.05) is 26.0 Å². The molecule has 0 atom stereocenters. The number of methoxy groups -OCH3 is 2. The third-order valence-electron chi connectivity index (χ3n) is 3.72. The van der Waals surface area contributed by atoms with Crippen molar-refractivity contribution in [3.63, 3.8) is 0 Å². The zero-order valence-corrected chi connectivity index (χ0v) is 13.8. The molecule has 120 valence electrons. The SMILES string of the molecule is COc1c(C=O)cc(C)cc1Cc1cc(C)cc(C=O)c1OC. The van der Waals surface area contributed by atoms with Crippen molar-refractivity contribution in [1.82, 2.24) is 0 Å². The average molecular weight is 312 g/mol. The fraction of sp³-hybridized carbons (Fsp3) is 0.263. The molecule has 0 heterocycles. The van der Waals surface area contributed by atoms with E-state index in [1.54, 1.807) is 26.4 Å². The van der Waals surface area contributed by atoms with Gasteiger partial charge in [-0.25, -0.2) is 0 Å². The topological polar surface area (TPSA) is 52.6 Å². The Labute approximate surface area is 136 Å². The summed E-state index contributed by atoms with van der Waals surface area (Å²) in [6, 6.07) is 7.54. The quantitative estimate of drug-likeness (QED) is 0.766. The Hall–Kier alpha value is -2.62. The van der Waals surface area contributed by atoms with Crippen LogP contribution in [0.5, 0.6) is 11.5 Å². The van der Waals surface area contributed by atoms with E-state index in [0.29, 0.717) is 29.0 Å². The van der Waals surface area contributed by atoms with E-state index >= 15 is 0 Å². The number of aryl methyl sites for hydroxylation is 2. The van der Waals surface area contributed by atoms with Crippen LogP contribution in [-0.4, -0.2) is 26.8 Å². The highest BCUT2D eigenvalue weighted by Gasteiger charge is 2.15. The summed E-state index contributed by atoms with van der Waals surface area (Å²) in [6.45, 7) is 3.86. The summed E-state index contributed by atoms with van der Waals surface area (Å²) >= 11 is 0. The number of hydrogen-bond acceptors (Lipinski definition) is 4. The van der Waals surface area contributed by atoms with Crippen molar-refractivity contribution in [1.29, 1.82) is 0 Å². The molecule has 0 bridgehead atoms. The molecule has 0 radical (unpaired) electrons. The van der Waals surface area contributed by atoms with Gasteiger partial charge in [-0.15, -0.1) is 0 Å². The summed E-state index contributed by atoms with van der Waals surface area (Å²) in [5.41, 5.74) is 4.76. The summed E-state index contributed by atoms with van der Waals surface area (Å²) in [7, 11) is 3.09. The number of benzene rings is 2. The summed E-state index contributed by atoms with van der Waals surface area (Å²) in [5.74, 6) is 1.11. The van der Waals surface area contributed by atoms with Crippen molar-refractivity contribution >= 4 is 12.6 Å². The zero-order chi connectivity index (χ0) is 17.0. The van der Waals surface area contributed by atoms with Crippen molar-refractivity contribution in [2.75, 3.05) is 14.2 Å². The van der Waals surface area contributed by atoms with Crippen LogP contribution in [0, 0.1) is 13.8 Å². The molecule has 0 amide bonds. The number of carbonyl (C=O) groups is 2. The molecule has 2 aromatic rings. The molecule has 0 spiro atoms. The molecular weight excluding hydrogens is 292 g/mol. The van der Waals surface area contributed by atoms with Crippen LogP contribution in [0.25, 0.3) is 0 Å². The van der Waals surface area contributed by atoms with Crippen LogP contribution in [0.3, 0.4) is 0 Å².